The molecule has 1 aliphatic heterocycles. The minimum Gasteiger partial charge on any atom is -0.506 e. The summed E-state index contributed by atoms with van der Waals surface area (Å²) in [7, 11) is 0. The van der Waals surface area contributed by atoms with Gasteiger partial charge in [0.15, 0.2) is 0 Å². The third-order valence-electron chi connectivity index (χ3n) is 2.89. The Balaban J connectivity index is 2.35. The second-order valence-corrected chi connectivity index (χ2v) is 6.03. The van der Waals surface area contributed by atoms with Gasteiger partial charge in [0.25, 0.3) is 0 Å². The van der Waals surface area contributed by atoms with Gasteiger partial charge in [-0.1, -0.05) is 47.8 Å². The van der Waals surface area contributed by atoms with E-state index >= 15 is 0 Å². The van der Waals surface area contributed by atoms with Gasteiger partial charge < -0.3 is 10.2 Å². The Morgan fingerprint density at radius 2 is 1.20 bits per heavy atom. The zero-order valence-corrected chi connectivity index (χ0v) is 11.5. The molecule has 0 atom stereocenters. The van der Waals surface area contributed by atoms with E-state index in [0.29, 0.717) is 20.6 Å². The van der Waals surface area contributed by atoms with Gasteiger partial charge >= 0.3 is 0 Å². The molecule has 2 N–H and O–H groups in total. The molecule has 0 unspecified atom stereocenters. The monoisotopic (exact) mass is 298 g/mol. The molecular weight excluding hydrogens is 292 g/mol. The van der Waals surface area contributed by atoms with Crippen LogP contribution in [0.2, 0.25) is 0 Å². The predicted molar refractivity (Wildman–Crippen MR) is 77.2 cm³/mol. The number of hydrogen-bond acceptors (Lipinski definition) is 6. The molecule has 1 heterocycles. The summed E-state index contributed by atoms with van der Waals surface area (Å²) in [6.45, 7) is 0. The van der Waals surface area contributed by atoms with E-state index in [2.05, 4.69) is 0 Å². The number of nitriles is 2. The molecule has 0 spiro atoms. The zero-order valence-electron chi connectivity index (χ0n) is 9.91. The van der Waals surface area contributed by atoms with E-state index in [0.717, 1.165) is 23.5 Å². The predicted octanol–water partition coefficient (Wildman–Crippen LogP) is 3.71. The minimum atomic E-state index is 0.0237. The molecule has 0 bridgehead atoms. The third-order valence-corrected chi connectivity index (χ3v) is 5.35. The lowest BCUT2D eigenvalue weighted by atomic mass is 10.1. The van der Waals surface area contributed by atoms with Crippen LogP contribution in [0.1, 0.15) is 0 Å². The molecule has 0 saturated carbocycles. The zero-order chi connectivity index (χ0) is 14.3. The van der Waals surface area contributed by atoms with E-state index < -0.39 is 0 Å². The van der Waals surface area contributed by atoms with Crippen LogP contribution < -0.4 is 0 Å². The Labute approximate surface area is 122 Å². The van der Waals surface area contributed by atoms with Crippen molar-refractivity contribution in [2.24, 2.45) is 0 Å². The maximum absolute atomic E-state index is 10.3. The first-order valence-corrected chi connectivity index (χ1v) is 7.17. The van der Waals surface area contributed by atoms with Gasteiger partial charge in [0.1, 0.15) is 33.4 Å². The van der Waals surface area contributed by atoms with Crippen LogP contribution in [-0.2, 0) is 0 Å². The van der Waals surface area contributed by atoms with E-state index in [1.807, 2.05) is 12.1 Å². The minimum absolute atomic E-state index is 0.0237. The highest BCUT2D eigenvalue weighted by Crippen LogP contribution is 2.56. The highest BCUT2D eigenvalue weighted by atomic mass is 32.2. The molecule has 20 heavy (non-hydrogen) atoms. The molecule has 2 aromatic carbocycles. The third kappa shape index (κ3) is 1.70. The van der Waals surface area contributed by atoms with Crippen molar-refractivity contribution in [3.63, 3.8) is 0 Å². The highest BCUT2D eigenvalue weighted by molar-refractivity contribution is 8.09. The topological polar surface area (TPSA) is 88.0 Å². The number of phenols is 2. The molecule has 3 rings (SSSR count). The van der Waals surface area contributed by atoms with Crippen molar-refractivity contribution >= 4 is 34.3 Å². The summed E-state index contributed by atoms with van der Waals surface area (Å²) in [5, 5.41) is 39.8. The lowest BCUT2D eigenvalue weighted by Crippen LogP contribution is -1.93. The number of benzene rings is 2. The van der Waals surface area contributed by atoms with E-state index in [4.69, 9.17) is 10.5 Å². The van der Waals surface area contributed by atoms with Gasteiger partial charge in [0, 0.05) is 10.8 Å². The number of nitrogens with zero attached hydrogens (tertiary/aromatic N) is 2. The van der Waals surface area contributed by atoms with Crippen LogP contribution in [0.4, 0.5) is 0 Å². The Bertz CT molecular complexity index is 790. The number of fused-ring (bicyclic) bond motifs is 2. The van der Waals surface area contributed by atoms with Crippen molar-refractivity contribution < 1.29 is 10.2 Å². The average molecular weight is 298 g/mol. The normalized spacial score (nSPS) is 13.7. The van der Waals surface area contributed by atoms with Gasteiger partial charge in [-0.25, -0.2) is 0 Å². The van der Waals surface area contributed by atoms with Crippen LogP contribution in [0.15, 0.2) is 43.9 Å². The summed E-state index contributed by atoms with van der Waals surface area (Å²) in [4.78, 5) is 1.30. The van der Waals surface area contributed by atoms with Crippen molar-refractivity contribution in [3.8, 4) is 23.6 Å². The number of aromatic hydroxyl groups is 2. The number of allylic oxidation sites excluding steroid dienone is 2. The van der Waals surface area contributed by atoms with Crippen LogP contribution in [0.5, 0.6) is 11.5 Å². The second kappa shape index (κ2) is 4.68. The smallest absolute Gasteiger partial charge is 0.138 e. The second-order valence-electron chi connectivity index (χ2n) is 3.99. The van der Waals surface area contributed by atoms with Gasteiger partial charge in [-0.05, 0) is 0 Å². The lowest BCUT2D eigenvalue weighted by molar-refractivity contribution is 0.445. The van der Waals surface area contributed by atoms with E-state index in [1.165, 1.54) is 0 Å². The summed E-state index contributed by atoms with van der Waals surface area (Å²) < 4.78 is 0. The molecule has 4 nitrogen and oxygen atoms in total. The SMILES string of the molecule is N#CC1=C(C#N)Sc2c(c(O)c3ccccc3c2O)S1. The van der Waals surface area contributed by atoms with E-state index in [1.54, 1.807) is 24.3 Å². The standard InChI is InChI=1S/C14H6N2O2S2/c15-5-9-10(6-16)20-14-12(18)8-4-2-1-3-7(8)11(17)13(14)19-9/h1-4,17-18H. The molecule has 96 valence electrons. The molecule has 0 saturated heterocycles. The van der Waals surface area contributed by atoms with Crippen LogP contribution in [0.25, 0.3) is 10.8 Å². The fraction of sp³-hybridized carbons (Fsp3) is 0. The maximum Gasteiger partial charge on any atom is 0.138 e. The molecule has 2 aromatic rings. The van der Waals surface area contributed by atoms with Gasteiger partial charge in [0.05, 0.1) is 9.79 Å². The Kier molecular flexibility index (Phi) is 2.98. The first-order chi connectivity index (χ1) is 9.67. The molecule has 0 amide bonds. The van der Waals surface area contributed by atoms with E-state index in [9.17, 15) is 10.2 Å². The summed E-state index contributed by atoms with van der Waals surface area (Å²) in [6, 6.07) is 10.8. The lowest BCUT2D eigenvalue weighted by Gasteiger charge is -2.19. The summed E-state index contributed by atoms with van der Waals surface area (Å²) in [6.07, 6.45) is 0. The van der Waals surface area contributed by atoms with Crippen LogP contribution in [-0.4, -0.2) is 10.2 Å². The molecule has 0 aliphatic carbocycles. The van der Waals surface area contributed by atoms with E-state index in [-0.39, 0.29) is 21.3 Å². The first kappa shape index (κ1) is 12.7. The Hall–Kier alpha value is -2.28. The fourth-order valence-electron chi connectivity index (χ4n) is 1.99. The fourth-order valence-corrected chi connectivity index (χ4v) is 4.06. The molecule has 0 radical (unpaired) electrons. The largest absolute Gasteiger partial charge is 0.506 e. The van der Waals surface area contributed by atoms with Gasteiger partial charge in [-0.3, -0.25) is 0 Å². The van der Waals surface area contributed by atoms with Crippen LogP contribution in [0.3, 0.4) is 0 Å². The number of rotatable bonds is 0. The van der Waals surface area contributed by atoms with Crippen molar-refractivity contribution in [1.82, 2.24) is 0 Å². The van der Waals surface area contributed by atoms with Crippen LogP contribution >= 0.6 is 23.5 Å². The maximum atomic E-state index is 10.3. The average Bonchev–Trinajstić information content (AvgIpc) is 2.51. The van der Waals surface area contributed by atoms with Crippen molar-refractivity contribution in [2.45, 2.75) is 9.79 Å². The quantitative estimate of drug-likeness (QED) is 0.721. The van der Waals surface area contributed by atoms with Crippen molar-refractivity contribution in [1.29, 1.82) is 10.5 Å². The molecule has 0 aromatic heterocycles. The molecular formula is C14H6N2O2S2. The van der Waals surface area contributed by atoms with Crippen LogP contribution in [0, 0.1) is 22.7 Å². The first-order valence-electron chi connectivity index (χ1n) is 5.54. The molecule has 6 heteroatoms. The van der Waals surface area contributed by atoms with Crippen molar-refractivity contribution in [2.75, 3.05) is 0 Å². The van der Waals surface area contributed by atoms with Gasteiger partial charge in [0.2, 0.25) is 0 Å². The summed E-state index contributed by atoms with van der Waals surface area (Å²) in [5.41, 5.74) is 0. The summed E-state index contributed by atoms with van der Waals surface area (Å²) in [5.74, 6) is 0.0475. The molecule has 1 aliphatic rings. The van der Waals surface area contributed by atoms with Gasteiger partial charge in [-0.2, -0.15) is 10.5 Å². The summed E-state index contributed by atoms with van der Waals surface area (Å²) >= 11 is 2.02. The molecule has 0 fully saturated rings. The highest BCUT2D eigenvalue weighted by Gasteiger charge is 2.27. The number of phenolic OH excluding ortho intramolecular Hbond substituents is 2. The van der Waals surface area contributed by atoms with Crippen molar-refractivity contribution in [3.05, 3.63) is 34.1 Å². The Morgan fingerprint density at radius 1 is 0.800 bits per heavy atom. The number of thioether (sulfide) groups is 2. The van der Waals surface area contributed by atoms with Gasteiger partial charge in [-0.15, -0.1) is 0 Å². The Morgan fingerprint density at radius 3 is 1.55 bits per heavy atom. The number of hydrogen-bond donors (Lipinski definition) is 2.